The molecule has 9 nitrogen and oxygen atoms in total. The zero-order valence-corrected chi connectivity index (χ0v) is 27.6. The third-order valence-corrected chi connectivity index (χ3v) is 10.1. The fourth-order valence-corrected chi connectivity index (χ4v) is 8.13. The van der Waals surface area contributed by atoms with E-state index >= 15 is 4.39 Å². The molecule has 244 valence electrons. The van der Waals surface area contributed by atoms with Crippen molar-refractivity contribution in [2.45, 2.75) is 56.1 Å². The minimum atomic E-state index is -0.566. The van der Waals surface area contributed by atoms with E-state index in [1.807, 2.05) is 24.3 Å². The number of fused-ring (bicyclic) bond motifs is 5. The molecule has 6 heterocycles. The lowest BCUT2D eigenvalue weighted by Crippen LogP contribution is -2.52. The zero-order chi connectivity index (χ0) is 29.1. The summed E-state index contributed by atoms with van der Waals surface area (Å²) in [5, 5.41) is 25.6. The maximum Gasteiger partial charge on any atom is 0.319 e. The highest BCUT2D eigenvalue weighted by atomic mass is 35.5. The van der Waals surface area contributed by atoms with E-state index in [0.29, 0.717) is 42.9 Å². The fraction of sp³-hybridized carbons (Fsp3) is 0.455. The maximum absolute atomic E-state index is 16.7. The lowest BCUT2D eigenvalue weighted by atomic mass is 9.95. The number of phenolic OH excluding ortho intramolecular Hbond substituents is 1. The Morgan fingerprint density at radius 1 is 1.07 bits per heavy atom. The van der Waals surface area contributed by atoms with E-state index in [-0.39, 0.29) is 83.7 Å². The third kappa shape index (κ3) is 5.77. The Kier molecular flexibility index (Phi) is 10.0. The maximum atomic E-state index is 16.7. The standard InChI is InChI=1S/C33H34FN7O2.3ClH/c34-28-29(25-15-23(42)14-20-5-1-2-6-24(20)25)36-16-26-30(28)38-32(43-19-33-8-3-11-41(33)12-4-9-33)39-31(26)40-17-22-13-21(7-10-35)27(18-40)37-22;;;/h1-2,5-6,14-16,21-22,27,37,42H,3-4,7-9,11-13,17-19H2;3*1H/t21-,22-,27-;;;/m1.../s1. The van der Waals surface area contributed by atoms with Crippen LogP contribution in [0.4, 0.5) is 10.2 Å². The van der Waals surface area contributed by atoms with Gasteiger partial charge in [0.1, 0.15) is 29.4 Å². The van der Waals surface area contributed by atoms with E-state index < -0.39 is 5.82 Å². The Bertz CT molecular complexity index is 1780. The van der Waals surface area contributed by atoms with Crippen LogP contribution in [-0.2, 0) is 0 Å². The number of aromatic nitrogens is 3. The zero-order valence-electron chi connectivity index (χ0n) is 25.2. The number of piperazine rings is 1. The number of nitrogens with zero attached hydrogens (tertiary/aromatic N) is 6. The van der Waals surface area contributed by atoms with Gasteiger partial charge in [-0.2, -0.15) is 15.2 Å². The molecule has 2 aromatic heterocycles. The molecule has 46 heavy (non-hydrogen) atoms. The lowest BCUT2D eigenvalue weighted by Gasteiger charge is -2.35. The van der Waals surface area contributed by atoms with Crippen LogP contribution in [0.3, 0.4) is 0 Å². The molecular formula is C33H37Cl3FN7O2. The van der Waals surface area contributed by atoms with Gasteiger partial charge in [0, 0.05) is 43.4 Å². The Balaban J connectivity index is 0.00000139. The lowest BCUT2D eigenvalue weighted by molar-refractivity contribution is 0.108. The number of phenols is 1. The molecule has 0 unspecified atom stereocenters. The largest absolute Gasteiger partial charge is 0.508 e. The van der Waals surface area contributed by atoms with E-state index in [1.165, 1.54) is 0 Å². The normalized spacial score (nSPS) is 22.9. The van der Waals surface area contributed by atoms with E-state index in [4.69, 9.17) is 9.72 Å². The second-order valence-electron chi connectivity index (χ2n) is 12.7. The molecule has 4 fully saturated rings. The van der Waals surface area contributed by atoms with Gasteiger partial charge in [0.05, 0.1) is 17.0 Å². The summed E-state index contributed by atoms with van der Waals surface area (Å²) in [7, 11) is 0. The van der Waals surface area contributed by atoms with Gasteiger partial charge in [-0.25, -0.2) is 4.39 Å². The molecule has 0 aliphatic carbocycles. The predicted octanol–water partition coefficient (Wildman–Crippen LogP) is 6.04. The average molecular weight is 689 g/mol. The smallest absolute Gasteiger partial charge is 0.319 e. The summed E-state index contributed by atoms with van der Waals surface area (Å²) in [5.41, 5.74) is 0.785. The van der Waals surface area contributed by atoms with Crippen LogP contribution in [0.25, 0.3) is 32.9 Å². The van der Waals surface area contributed by atoms with Crippen LogP contribution in [0.1, 0.15) is 38.5 Å². The summed E-state index contributed by atoms with van der Waals surface area (Å²) in [5.74, 6) is 0.366. The predicted molar refractivity (Wildman–Crippen MR) is 183 cm³/mol. The van der Waals surface area contributed by atoms with Gasteiger partial charge in [-0.05, 0) is 74.0 Å². The summed E-state index contributed by atoms with van der Waals surface area (Å²) >= 11 is 0. The van der Waals surface area contributed by atoms with Gasteiger partial charge in [0.25, 0.3) is 0 Å². The molecule has 2 N–H and O–H groups in total. The highest BCUT2D eigenvalue weighted by molar-refractivity contribution is 6.00. The van der Waals surface area contributed by atoms with Gasteiger partial charge >= 0.3 is 6.01 Å². The molecule has 2 bridgehead atoms. The summed E-state index contributed by atoms with van der Waals surface area (Å²) in [4.78, 5) is 18.9. The first kappa shape index (κ1) is 34.1. The van der Waals surface area contributed by atoms with Gasteiger partial charge in [0.15, 0.2) is 5.82 Å². The van der Waals surface area contributed by atoms with E-state index in [2.05, 4.69) is 31.2 Å². The van der Waals surface area contributed by atoms with Crippen LogP contribution in [0.15, 0.2) is 42.6 Å². The number of benzene rings is 2. The van der Waals surface area contributed by atoms with Crippen LogP contribution in [0.5, 0.6) is 11.8 Å². The molecule has 0 radical (unpaired) electrons. The van der Waals surface area contributed by atoms with Crippen molar-refractivity contribution in [2.75, 3.05) is 37.7 Å². The van der Waals surface area contributed by atoms with Crippen LogP contribution < -0.4 is 15.0 Å². The number of hydrogen-bond donors (Lipinski definition) is 2. The molecule has 3 atom stereocenters. The minimum absolute atomic E-state index is 0. The van der Waals surface area contributed by atoms with Crippen LogP contribution in [-0.4, -0.2) is 75.4 Å². The van der Waals surface area contributed by atoms with Crippen molar-refractivity contribution in [3.8, 4) is 29.1 Å². The van der Waals surface area contributed by atoms with E-state index in [0.717, 1.165) is 56.0 Å². The van der Waals surface area contributed by atoms with Crippen LogP contribution in [0.2, 0.25) is 0 Å². The van der Waals surface area contributed by atoms with E-state index in [1.54, 1.807) is 18.3 Å². The average Bonchev–Trinajstić information content (AvgIpc) is 3.68. The fourth-order valence-electron chi connectivity index (χ4n) is 8.13. The number of pyridine rings is 1. The monoisotopic (exact) mass is 687 g/mol. The molecule has 0 saturated carbocycles. The first-order valence-corrected chi connectivity index (χ1v) is 15.4. The van der Waals surface area contributed by atoms with Crippen molar-refractivity contribution >= 4 is 64.7 Å². The second kappa shape index (κ2) is 13.5. The second-order valence-corrected chi connectivity index (χ2v) is 12.7. The molecule has 4 aliphatic rings. The van der Waals surface area contributed by atoms with Gasteiger partial charge in [0.2, 0.25) is 0 Å². The number of nitrogens with one attached hydrogen (secondary N) is 1. The van der Waals surface area contributed by atoms with Gasteiger partial charge in [-0.15, -0.1) is 37.2 Å². The van der Waals surface area contributed by atoms with Crippen LogP contribution in [0, 0.1) is 23.1 Å². The Morgan fingerprint density at radius 2 is 1.85 bits per heavy atom. The van der Waals surface area contributed by atoms with Crippen molar-refractivity contribution in [1.82, 2.24) is 25.2 Å². The molecule has 13 heteroatoms. The summed E-state index contributed by atoms with van der Waals surface area (Å²) < 4.78 is 23.0. The summed E-state index contributed by atoms with van der Waals surface area (Å²) in [6.45, 7) is 4.00. The molecule has 0 spiro atoms. The van der Waals surface area contributed by atoms with Crippen molar-refractivity contribution in [3.63, 3.8) is 0 Å². The highest BCUT2D eigenvalue weighted by Crippen LogP contribution is 2.41. The molecule has 4 aliphatic heterocycles. The van der Waals surface area contributed by atoms with Crippen molar-refractivity contribution in [2.24, 2.45) is 5.92 Å². The number of halogens is 4. The van der Waals surface area contributed by atoms with Gasteiger partial charge in [-0.1, -0.05) is 24.3 Å². The first-order valence-electron chi connectivity index (χ1n) is 15.4. The molecule has 0 amide bonds. The molecule has 8 rings (SSSR count). The molecule has 2 aromatic carbocycles. The van der Waals surface area contributed by atoms with Crippen molar-refractivity contribution in [3.05, 3.63) is 48.4 Å². The van der Waals surface area contributed by atoms with Gasteiger partial charge < -0.3 is 20.1 Å². The molecule has 4 aromatic rings. The summed E-state index contributed by atoms with van der Waals surface area (Å²) in [6.07, 6.45) is 7.57. The first-order chi connectivity index (χ1) is 21.0. The van der Waals surface area contributed by atoms with Gasteiger partial charge in [-0.3, -0.25) is 9.88 Å². The van der Waals surface area contributed by atoms with Crippen molar-refractivity contribution in [1.29, 1.82) is 5.26 Å². The Morgan fingerprint density at radius 3 is 2.63 bits per heavy atom. The van der Waals surface area contributed by atoms with Crippen LogP contribution >= 0.6 is 37.2 Å². The number of aromatic hydroxyl groups is 1. The SMILES string of the molecule is Cl.Cl.Cl.N#CC[C@@H]1C[C@@H]2CN(c3nc(OCC45CCCN4CCC5)nc4c(F)c(-c5cc(O)cc6ccccc56)ncc34)C[C@H]1N2. The quantitative estimate of drug-likeness (QED) is 0.251. The molecular weight excluding hydrogens is 652 g/mol. The van der Waals surface area contributed by atoms with E-state index in [9.17, 15) is 10.4 Å². The topological polar surface area (TPSA) is 110 Å². The number of hydrogen-bond acceptors (Lipinski definition) is 9. The number of anilines is 1. The number of nitriles is 1. The number of ether oxygens (including phenoxy) is 1. The Labute approximate surface area is 285 Å². The van der Waals surface area contributed by atoms with Crippen molar-refractivity contribution < 1.29 is 14.2 Å². The Hall–Kier alpha value is -3.20. The molecule has 4 saturated heterocycles. The number of rotatable bonds is 6. The summed E-state index contributed by atoms with van der Waals surface area (Å²) in [6, 6.07) is 13.7. The minimum Gasteiger partial charge on any atom is -0.508 e. The highest BCUT2D eigenvalue weighted by Gasteiger charge is 2.45. The third-order valence-electron chi connectivity index (χ3n) is 10.1.